The molecule has 1 aliphatic rings. The molecule has 0 unspecified atom stereocenters. The summed E-state index contributed by atoms with van der Waals surface area (Å²) in [6.45, 7) is 3.52. The van der Waals surface area contributed by atoms with Crippen LogP contribution >= 0.6 is 46.6 Å². The van der Waals surface area contributed by atoms with E-state index in [0.29, 0.717) is 17.0 Å². The molecule has 3 aromatic rings. The molecule has 3 aromatic carbocycles. The molecule has 1 saturated heterocycles. The average Bonchev–Trinajstić information content (AvgIpc) is 2.92. The second-order valence-electron chi connectivity index (χ2n) is 9.42. The van der Waals surface area contributed by atoms with Gasteiger partial charge in [0.25, 0.3) is 9.70 Å². The third kappa shape index (κ3) is 8.13. The van der Waals surface area contributed by atoms with E-state index in [2.05, 4.69) is 17.6 Å². The molecule has 3 N–H and O–H groups in total. The van der Waals surface area contributed by atoms with Crippen LogP contribution in [-0.4, -0.2) is 32.6 Å². The molecule has 2 amide bonds. The van der Waals surface area contributed by atoms with E-state index in [0.717, 1.165) is 21.7 Å². The molecule has 0 saturated carbocycles. The minimum Gasteiger partial charge on any atom is -0.392 e. The first-order chi connectivity index (χ1) is 19.0. The number of hydrogen-bond donors (Lipinski definition) is 3. The van der Waals surface area contributed by atoms with Gasteiger partial charge in [0.1, 0.15) is 0 Å². The van der Waals surface area contributed by atoms with Crippen LogP contribution in [0, 0.1) is 5.92 Å². The van der Waals surface area contributed by atoms with Crippen molar-refractivity contribution in [3.8, 4) is 0 Å². The number of ether oxygens (including phenoxy) is 2. The lowest BCUT2D eigenvalue weighted by Crippen LogP contribution is -2.38. The van der Waals surface area contributed by atoms with E-state index < -0.39 is 16.0 Å². The van der Waals surface area contributed by atoms with Crippen molar-refractivity contribution in [3.05, 3.63) is 89.5 Å². The molecule has 40 heavy (non-hydrogen) atoms. The Morgan fingerprint density at radius 3 is 2.25 bits per heavy atom. The Morgan fingerprint density at radius 1 is 0.925 bits per heavy atom. The second-order valence-corrected chi connectivity index (χ2v) is 12.8. The molecule has 212 valence electrons. The maximum atomic E-state index is 12.2. The maximum Gasteiger partial charge on any atom is 0.276 e. The van der Waals surface area contributed by atoms with Crippen LogP contribution in [0.5, 0.6) is 0 Å². The van der Waals surface area contributed by atoms with Crippen LogP contribution in [0.15, 0.2) is 77.7 Å². The number of carbonyl (C=O) groups excluding carboxylic acids is 2. The number of anilines is 2. The molecule has 7 nitrogen and oxygen atoms in total. The van der Waals surface area contributed by atoms with Gasteiger partial charge in [-0.25, -0.2) is 0 Å². The van der Waals surface area contributed by atoms with Crippen molar-refractivity contribution >= 4 is 69.8 Å². The lowest BCUT2D eigenvalue weighted by atomic mass is 9.91. The Kier molecular flexibility index (Phi) is 10.4. The topological polar surface area (TPSA) is 96.9 Å². The third-order valence-electron chi connectivity index (χ3n) is 6.39. The number of hydrogen-bond acceptors (Lipinski definition) is 6. The number of halogens is 3. The second kappa shape index (κ2) is 13.6. The molecular formula is C29H29Cl3N2O5S. The summed E-state index contributed by atoms with van der Waals surface area (Å²) < 4.78 is 10.9. The summed E-state index contributed by atoms with van der Waals surface area (Å²) in [7, 11) is 0. The van der Waals surface area contributed by atoms with Crippen LogP contribution in [0.2, 0.25) is 0 Å². The number of carbonyl (C=O) groups is 2. The van der Waals surface area contributed by atoms with E-state index in [-0.39, 0.29) is 30.6 Å². The highest BCUT2D eigenvalue weighted by atomic mass is 35.6. The summed E-state index contributed by atoms with van der Waals surface area (Å²) in [5, 5.41) is 14.8. The first-order valence-electron chi connectivity index (χ1n) is 12.5. The standard InChI is InChI=1S/C29H29Cl3N2O5S/c1-17-25(16-40-24-12-10-22(11-13-24)33-18(2)36)38-27(39-26(17)20-8-6-19(15-35)7-9-20)21-4-3-5-23(14-21)34-28(37)29(30,31)32/h3-14,17,25-27,35H,15-16H2,1-2H3,(H,33,36)(H,34,37)/t17-,25+,26+,27+/m1/s1. The Morgan fingerprint density at radius 2 is 1.62 bits per heavy atom. The molecule has 1 aliphatic heterocycles. The number of amides is 2. The summed E-state index contributed by atoms with van der Waals surface area (Å²) >= 11 is 18.8. The molecule has 11 heteroatoms. The summed E-state index contributed by atoms with van der Waals surface area (Å²) in [5.41, 5.74) is 3.65. The van der Waals surface area contributed by atoms with E-state index in [1.807, 2.05) is 54.6 Å². The molecule has 0 radical (unpaired) electrons. The number of nitrogens with one attached hydrogen (secondary N) is 2. The van der Waals surface area contributed by atoms with Gasteiger partial charge < -0.3 is 25.2 Å². The number of aliphatic hydroxyl groups is 1. The van der Waals surface area contributed by atoms with Crippen molar-refractivity contribution in [2.45, 2.75) is 47.6 Å². The van der Waals surface area contributed by atoms with E-state index in [4.69, 9.17) is 44.3 Å². The minimum absolute atomic E-state index is 0.00498. The van der Waals surface area contributed by atoms with Gasteiger partial charge in [0.2, 0.25) is 5.91 Å². The first-order valence-corrected chi connectivity index (χ1v) is 14.6. The fraction of sp³-hybridized carbons (Fsp3) is 0.310. The van der Waals surface area contributed by atoms with Crippen molar-refractivity contribution in [3.63, 3.8) is 0 Å². The number of aliphatic hydroxyl groups excluding tert-OH is 1. The van der Waals surface area contributed by atoms with Gasteiger partial charge in [-0.05, 0) is 47.5 Å². The predicted molar refractivity (Wildman–Crippen MR) is 160 cm³/mol. The quantitative estimate of drug-likeness (QED) is 0.184. The van der Waals surface area contributed by atoms with Crippen molar-refractivity contribution in [2.75, 3.05) is 16.4 Å². The van der Waals surface area contributed by atoms with E-state index >= 15 is 0 Å². The minimum atomic E-state index is -2.10. The van der Waals surface area contributed by atoms with Crippen molar-refractivity contribution in [1.29, 1.82) is 0 Å². The van der Waals surface area contributed by atoms with Crippen LogP contribution in [0.3, 0.4) is 0 Å². The molecule has 0 bridgehead atoms. The number of benzene rings is 3. The SMILES string of the molecule is CC(=O)Nc1ccc(SC[C@@H]2O[C@H](c3cccc(NC(=O)C(Cl)(Cl)Cl)c3)O[C@H](c3ccc(CO)cc3)[C@@H]2C)cc1. The van der Waals surface area contributed by atoms with Gasteiger partial charge in [-0.3, -0.25) is 9.59 Å². The zero-order valence-electron chi connectivity index (χ0n) is 21.8. The van der Waals surface area contributed by atoms with Gasteiger partial charge in [-0.2, -0.15) is 0 Å². The van der Waals surface area contributed by atoms with Crippen LogP contribution in [0.1, 0.15) is 42.9 Å². The van der Waals surface area contributed by atoms with Crippen molar-refractivity contribution in [1.82, 2.24) is 0 Å². The van der Waals surface area contributed by atoms with Gasteiger partial charge in [0.15, 0.2) is 6.29 Å². The Balaban J connectivity index is 1.56. The van der Waals surface area contributed by atoms with Crippen molar-refractivity contribution < 1.29 is 24.2 Å². The summed E-state index contributed by atoms with van der Waals surface area (Å²) in [5.74, 6) is -0.246. The summed E-state index contributed by atoms with van der Waals surface area (Å²) in [4.78, 5) is 24.5. The van der Waals surface area contributed by atoms with E-state index in [9.17, 15) is 14.7 Å². The number of thioether (sulfide) groups is 1. The Hall–Kier alpha value is -2.30. The molecule has 0 spiro atoms. The highest BCUT2D eigenvalue weighted by Crippen LogP contribution is 2.43. The van der Waals surface area contributed by atoms with Gasteiger partial charge in [0, 0.05) is 40.4 Å². The van der Waals surface area contributed by atoms with Gasteiger partial charge >= 0.3 is 0 Å². The van der Waals surface area contributed by atoms with Gasteiger partial charge in [0.05, 0.1) is 18.8 Å². The summed E-state index contributed by atoms with van der Waals surface area (Å²) in [6, 6.07) is 22.3. The predicted octanol–water partition coefficient (Wildman–Crippen LogP) is 7.03. The van der Waals surface area contributed by atoms with Gasteiger partial charge in [-0.1, -0.05) is 78.1 Å². The van der Waals surface area contributed by atoms with E-state index in [1.54, 1.807) is 30.0 Å². The molecule has 0 aromatic heterocycles. The largest absolute Gasteiger partial charge is 0.392 e. The molecule has 0 aliphatic carbocycles. The molecule has 4 atom stereocenters. The van der Waals surface area contributed by atoms with Gasteiger partial charge in [-0.15, -0.1) is 11.8 Å². The molecule has 1 fully saturated rings. The summed E-state index contributed by atoms with van der Waals surface area (Å²) in [6.07, 6.45) is -1.21. The van der Waals surface area contributed by atoms with E-state index in [1.165, 1.54) is 6.92 Å². The molecule has 1 heterocycles. The zero-order chi connectivity index (χ0) is 28.9. The van der Waals surface area contributed by atoms with Crippen molar-refractivity contribution in [2.24, 2.45) is 5.92 Å². The fourth-order valence-electron chi connectivity index (χ4n) is 4.29. The van der Waals surface area contributed by atoms with Crippen LogP contribution < -0.4 is 10.6 Å². The zero-order valence-corrected chi connectivity index (χ0v) is 24.9. The lowest BCUT2D eigenvalue weighted by Gasteiger charge is -2.41. The van der Waals surface area contributed by atoms with Crippen LogP contribution in [0.25, 0.3) is 0 Å². The Bertz CT molecular complexity index is 1320. The molecule has 4 rings (SSSR count). The smallest absolute Gasteiger partial charge is 0.276 e. The third-order valence-corrected chi connectivity index (χ3v) is 8.00. The highest BCUT2D eigenvalue weighted by Gasteiger charge is 2.38. The monoisotopic (exact) mass is 622 g/mol. The molecular weight excluding hydrogens is 595 g/mol. The highest BCUT2D eigenvalue weighted by molar-refractivity contribution is 7.99. The van der Waals surface area contributed by atoms with Crippen LogP contribution in [-0.2, 0) is 25.7 Å². The Labute approximate surface area is 252 Å². The normalized spacial score (nSPS) is 21.1. The lowest BCUT2D eigenvalue weighted by molar-refractivity contribution is -0.268. The number of alkyl halides is 3. The first kappa shape index (κ1) is 30.7. The fourth-order valence-corrected chi connectivity index (χ4v) is 5.50. The maximum absolute atomic E-state index is 12.2. The van der Waals surface area contributed by atoms with Crippen LogP contribution in [0.4, 0.5) is 11.4 Å². The number of rotatable bonds is 8. The average molecular weight is 624 g/mol.